The van der Waals surface area contributed by atoms with Crippen LogP contribution in [0.3, 0.4) is 0 Å². The summed E-state index contributed by atoms with van der Waals surface area (Å²) in [4.78, 5) is 14.5. The number of rotatable bonds is 6. The fraction of sp³-hybridized carbons (Fsp3) is 0.750. The topological polar surface area (TPSA) is 65.0 Å². The highest BCUT2D eigenvalue weighted by molar-refractivity contribution is 7.72. The average Bonchev–Trinajstić information content (AvgIpc) is 2.24. The summed E-state index contributed by atoms with van der Waals surface area (Å²) < 4.78 is 32.2. The highest BCUT2D eigenvalue weighted by Gasteiger charge is 2.36. The van der Waals surface area contributed by atoms with Crippen LogP contribution in [0.25, 0.3) is 0 Å². The van der Waals surface area contributed by atoms with Crippen molar-refractivity contribution in [1.82, 2.24) is 0 Å². The smallest absolute Gasteiger partial charge is 0.305 e. The molecule has 0 aromatic rings. The van der Waals surface area contributed by atoms with Crippen molar-refractivity contribution in [3.8, 4) is 0 Å². The molecule has 10 heteroatoms. The monoisotopic (exact) mass is 341 g/mol. The molecule has 0 saturated heterocycles. The second kappa shape index (κ2) is 7.78. The lowest BCUT2D eigenvalue weighted by Crippen LogP contribution is -2.20. The van der Waals surface area contributed by atoms with Gasteiger partial charge >= 0.3 is 7.60 Å². The van der Waals surface area contributed by atoms with Crippen LogP contribution in [0.1, 0.15) is 13.8 Å². The van der Waals surface area contributed by atoms with Crippen molar-refractivity contribution < 1.29 is 22.8 Å². The quantitative estimate of drug-likeness (QED) is 0.421. The minimum absolute atomic E-state index is 0.0156. The number of carbonyl (C=O) groups is 1. The summed E-state index contributed by atoms with van der Waals surface area (Å²) in [5.74, 6) is -1.26. The van der Waals surface area contributed by atoms with Crippen LogP contribution in [0.5, 0.6) is 0 Å². The van der Waals surface area contributed by atoms with Crippen LogP contribution in [0.15, 0.2) is 4.99 Å². The lowest BCUT2D eigenvalue weighted by atomic mass is 10.7. The van der Waals surface area contributed by atoms with Crippen molar-refractivity contribution in [2.24, 2.45) is 4.99 Å². The van der Waals surface area contributed by atoms with Gasteiger partial charge in [0.15, 0.2) is 5.45 Å². The van der Waals surface area contributed by atoms with Gasteiger partial charge in [0.25, 0.3) is 9.70 Å². The number of aliphatic imine (C=N–C) groups is 1. The molecule has 0 aromatic carbocycles. The molecule has 0 atom stereocenters. The van der Waals surface area contributed by atoms with E-state index in [1.54, 1.807) is 0 Å². The summed E-state index contributed by atoms with van der Waals surface area (Å²) in [6, 6.07) is 0. The Morgan fingerprint density at radius 1 is 1.28 bits per heavy atom. The number of carbonyl (C=O) groups excluding carboxylic acids is 1. The highest BCUT2D eigenvalue weighted by atomic mass is 35.6. The van der Waals surface area contributed by atoms with Crippen molar-refractivity contribution in [2.45, 2.75) is 17.6 Å². The summed E-state index contributed by atoms with van der Waals surface area (Å²) in [5, 5.41) is 0. The molecule has 0 unspecified atom stereocenters. The first-order chi connectivity index (χ1) is 8.21. The first kappa shape index (κ1) is 18.3. The first-order valence-electron chi connectivity index (χ1n) is 4.85. The Hall–Kier alpha value is 0.290. The highest BCUT2D eigenvalue weighted by Crippen LogP contribution is 2.50. The Balaban J connectivity index is 5.32. The van der Waals surface area contributed by atoms with Crippen LogP contribution in [-0.2, 0) is 18.4 Å². The molecule has 5 nitrogen and oxygen atoms in total. The molecule has 0 heterocycles. The SMILES string of the molecule is CCOP(=O)(OCC)C(CF)=NC(=O)C(Cl)(Cl)Cl. The standard InChI is InChI=1S/C8H12Cl3FNO4P/c1-3-16-18(15,17-4-2)6(5-12)13-7(14)8(9,10)11/h3-5H2,1-2H3. The van der Waals surface area contributed by atoms with E-state index in [2.05, 4.69) is 4.99 Å². The maximum Gasteiger partial charge on any atom is 0.378 e. The Bertz CT molecular complexity index is 362. The minimum Gasteiger partial charge on any atom is -0.305 e. The fourth-order valence-electron chi connectivity index (χ4n) is 0.871. The number of hydrogen-bond acceptors (Lipinski definition) is 4. The molecule has 0 saturated carbocycles. The summed E-state index contributed by atoms with van der Waals surface area (Å²) in [6.07, 6.45) is 0. The number of alkyl halides is 4. The van der Waals surface area contributed by atoms with Crippen LogP contribution >= 0.6 is 42.4 Å². The largest absolute Gasteiger partial charge is 0.378 e. The van der Waals surface area contributed by atoms with Crippen LogP contribution in [0.2, 0.25) is 0 Å². The third-order valence-corrected chi connectivity index (χ3v) is 4.04. The number of nitrogens with zero attached hydrogens (tertiary/aromatic N) is 1. The van der Waals surface area contributed by atoms with Gasteiger partial charge in [-0.15, -0.1) is 0 Å². The van der Waals surface area contributed by atoms with Crippen LogP contribution in [0.4, 0.5) is 4.39 Å². The fourth-order valence-corrected chi connectivity index (χ4v) is 2.41. The zero-order chi connectivity index (χ0) is 14.4. The zero-order valence-corrected chi connectivity index (χ0v) is 12.8. The molecule has 0 aromatic heterocycles. The molecular weight excluding hydrogens is 330 g/mol. The van der Waals surface area contributed by atoms with Gasteiger partial charge in [0.1, 0.15) is 6.67 Å². The predicted molar refractivity (Wildman–Crippen MR) is 69.6 cm³/mol. The van der Waals surface area contributed by atoms with Crippen LogP contribution in [-0.4, -0.2) is 35.0 Å². The Labute approximate surface area is 119 Å². The van der Waals surface area contributed by atoms with Crippen LogP contribution in [0, 0.1) is 0 Å². The minimum atomic E-state index is -3.97. The Morgan fingerprint density at radius 2 is 1.72 bits per heavy atom. The van der Waals surface area contributed by atoms with Gasteiger partial charge in [-0.25, -0.2) is 9.38 Å². The van der Waals surface area contributed by atoms with Crippen molar-refractivity contribution in [2.75, 3.05) is 19.9 Å². The van der Waals surface area contributed by atoms with Crippen molar-refractivity contribution >= 4 is 53.8 Å². The molecule has 18 heavy (non-hydrogen) atoms. The van der Waals surface area contributed by atoms with E-state index in [1.165, 1.54) is 13.8 Å². The van der Waals surface area contributed by atoms with Gasteiger partial charge in [0.2, 0.25) is 0 Å². The van der Waals surface area contributed by atoms with Crippen molar-refractivity contribution in [3.63, 3.8) is 0 Å². The molecule has 0 bridgehead atoms. The zero-order valence-electron chi connectivity index (χ0n) is 9.66. The molecular formula is C8H12Cl3FNO4P. The van der Waals surface area contributed by atoms with Gasteiger partial charge in [0.05, 0.1) is 13.2 Å². The molecule has 0 aliphatic carbocycles. The van der Waals surface area contributed by atoms with E-state index in [4.69, 9.17) is 43.9 Å². The normalized spacial score (nSPS) is 13.8. The lowest BCUT2D eigenvalue weighted by Gasteiger charge is -2.17. The molecule has 0 aliphatic rings. The van der Waals surface area contributed by atoms with E-state index in [0.29, 0.717) is 0 Å². The molecule has 1 amide bonds. The third kappa shape index (κ3) is 5.51. The Kier molecular flexibility index (Phi) is 7.90. The second-order valence-corrected chi connectivity index (χ2v) is 7.11. The molecule has 0 radical (unpaired) electrons. The molecule has 0 rings (SSSR count). The summed E-state index contributed by atoms with van der Waals surface area (Å²) >= 11 is 15.8. The van der Waals surface area contributed by atoms with Gasteiger partial charge in [0, 0.05) is 0 Å². The maximum absolute atomic E-state index is 12.8. The molecule has 0 aliphatic heterocycles. The molecule has 0 N–H and O–H groups in total. The van der Waals surface area contributed by atoms with E-state index in [9.17, 15) is 13.8 Å². The molecule has 106 valence electrons. The summed E-state index contributed by atoms with van der Waals surface area (Å²) in [5.41, 5.74) is -0.720. The van der Waals surface area contributed by atoms with E-state index in [-0.39, 0.29) is 13.2 Å². The first-order valence-corrected chi connectivity index (χ1v) is 7.53. The lowest BCUT2D eigenvalue weighted by molar-refractivity contribution is -0.116. The van der Waals surface area contributed by atoms with E-state index >= 15 is 0 Å². The van der Waals surface area contributed by atoms with Gasteiger partial charge < -0.3 is 9.05 Å². The number of hydrogen-bond donors (Lipinski definition) is 0. The average molecular weight is 343 g/mol. The second-order valence-electron chi connectivity index (χ2n) is 2.80. The van der Waals surface area contributed by atoms with E-state index < -0.39 is 29.4 Å². The summed E-state index contributed by atoms with van der Waals surface area (Å²) in [7, 11) is -3.97. The van der Waals surface area contributed by atoms with Crippen molar-refractivity contribution in [3.05, 3.63) is 0 Å². The van der Waals surface area contributed by atoms with Gasteiger partial charge in [-0.05, 0) is 13.8 Å². The number of halogens is 4. The van der Waals surface area contributed by atoms with Gasteiger partial charge in [-0.2, -0.15) is 0 Å². The third-order valence-electron chi connectivity index (χ3n) is 1.51. The van der Waals surface area contributed by atoms with Crippen LogP contribution < -0.4 is 0 Å². The van der Waals surface area contributed by atoms with Crippen molar-refractivity contribution in [1.29, 1.82) is 0 Å². The molecule has 0 spiro atoms. The maximum atomic E-state index is 12.8. The number of amides is 1. The predicted octanol–water partition coefficient (Wildman–Crippen LogP) is 3.52. The van der Waals surface area contributed by atoms with E-state index in [1.807, 2.05) is 0 Å². The van der Waals surface area contributed by atoms with Gasteiger partial charge in [-0.3, -0.25) is 9.36 Å². The summed E-state index contributed by atoms with van der Waals surface area (Å²) in [6.45, 7) is 1.71. The van der Waals surface area contributed by atoms with E-state index in [0.717, 1.165) is 0 Å². The molecule has 0 fully saturated rings. The van der Waals surface area contributed by atoms with Gasteiger partial charge in [-0.1, -0.05) is 34.8 Å². The Morgan fingerprint density at radius 3 is 2.00 bits per heavy atom.